The lowest BCUT2D eigenvalue weighted by Gasteiger charge is -2.30. The van der Waals surface area contributed by atoms with Crippen molar-refractivity contribution in [1.29, 1.82) is 0 Å². The molecule has 0 amide bonds. The average Bonchev–Trinajstić information content (AvgIpc) is 2.77. The van der Waals surface area contributed by atoms with Crippen molar-refractivity contribution < 1.29 is 20.1 Å². The first kappa shape index (κ1) is 29.1. The third kappa shape index (κ3) is 16.9. The largest absolute Gasteiger partial charge is 0.478 e. The highest BCUT2D eigenvalue weighted by Gasteiger charge is 2.27. The van der Waals surface area contributed by atoms with E-state index in [0.717, 1.165) is 12.8 Å². The van der Waals surface area contributed by atoms with Gasteiger partial charge in [-0.3, -0.25) is 0 Å². The number of aliphatic hydroxyl groups excluding tert-OH is 2. The predicted octanol–water partition coefficient (Wildman–Crippen LogP) is 7.03. The van der Waals surface area contributed by atoms with Crippen LogP contribution in [0, 0.1) is 5.41 Å². The first-order chi connectivity index (χ1) is 14.5. The zero-order chi connectivity index (χ0) is 22.5. The summed E-state index contributed by atoms with van der Waals surface area (Å²) in [6, 6.07) is 0. The molecule has 0 heterocycles. The minimum Gasteiger partial charge on any atom is -0.478 e. The number of carboxylic acids is 1. The summed E-state index contributed by atoms with van der Waals surface area (Å²) in [6.45, 7) is 4.91. The molecule has 3 N–H and O–H groups in total. The summed E-state index contributed by atoms with van der Waals surface area (Å²) in [6.07, 6.45) is 25.9. The van der Waals surface area contributed by atoms with E-state index in [1.165, 1.54) is 116 Å². The van der Waals surface area contributed by atoms with Gasteiger partial charge in [-0.2, -0.15) is 0 Å². The van der Waals surface area contributed by atoms with Gasteiger partial charge in [-0.15, -0.1) is 0 Å². The molecule has 4 heteroatoms. The first-order valence-electron chi connectivity index (χ1n) is 12.6. The van der Waals surface area contributed by atoms with Crippen molar-refractivity contribution in [2.45, 2.75) is 129 Å². The SMILES string of the molecule is C1CCCCCCCCC1.C=C(C)C(=O)O.OCC1(CO)CCCCCCCCC1. The van der Waals surface area contributed by atoms with E-state index in [9.17, 15) is 15.0 Å². The summed E-state index contributed by atoms with van der Waals surface area (Å²) in [7, 11) is 0. The second-order valence-electron chi connectivity index (χ2n) is 9.41. The Morgan fingerprint density at radius 2 is 0.833 bits per heavy atom. The molecular weight excluding hydrogens is 376 g/mol. The van der Waals surface area contributed by atoms with Crippen LogP contribution in [0.3, 0.4) is 0 Å². The number of carboxylic acid groups (broad SMARTS) is 1. The lowest BCUT2D eigenvalue weighted by molar-refractivity contribution is -0.132. The van der Waals surface area contributed by atoms with Crippen LogP contribution in [-0.2, 0) is 4.79 Å². The fourth-order valence-electron chi connectivity index (χ4n) is 4.14. The maximum Gasteiger partial charge on any atom is 0.330 e. The number of aliphatic hydroxyl groups is 2. The Labute approximate surface area is 186 Å². The molecular formula is C26H50O4. The molecule has 30 heavy (non-hydrogen) atoms. The van der Waals surface area contributed by atoms with Crippen molar-refractivity contribution in [2.75, 3.05) is 13.2 Å². The Bertz CT molecular complexity index is 358. The fraction of sp³-hybridized carbons (Fsp3) is 0.885. The fourth-order valence-corrected chi connectivity index (χ4v) is 4.14. The van der Waals surface area contributed by atoms with Crippen molar-refractivity contribution in [2.24, 2.45) is 5.41 Å². The van der Waals surface area contributed by atoms with Crippen LogP contribution in [0.15, 0.2) is 12.2 Å². The van der Waals surface area contributed by atoms with Crippen LogP contribution in [0.1, 0.15) is 129 Å². The van der Waals surface area contributed by atoms with E-state index in [0.29, 0.717) is 0 Å². The summed E-state index contributed by atoms with van der Waals surface area (Å²) >= 11 is 0. The van der Waals surface area contributed by atoms with Gasteiger partial charge in [0.15, 0.2) is 0 Å². The summed E-state index contributed by atoms with van der Waals surface area (Å²) < 4.78 is 0. The number of aliphatic carboxylic acids is 1. The van der Waals surface area contributed by atoms with E-state index in [4.69, 9.17) is 5.11 Å². The van der Waals surface area contributed by atoms with E-state index >= 15 is 0 Å². The molecule has 0 unspecified atom stereocenters. The molecule has 0 radical (unpaired) electrons. The molecule has 2 saturated carbocycles. The Hall–Kier alpha value is -0.870. The molecule has 2 rings (SSSR count). The third-order valence-electron chi connectivity index (χ3n) is 6.45. The zero-order valence-corrected chi connectivity index (χ0v) is 19.8. The Morgan fingerprint density at radius 3 is 1.00 bits per heavy atom. The number of hydrogen-bond donors (Lipinski definition) is 3. The van der Waals surface area contributed by atoms with Gasteiger partial charge in [-0.25, -0.2) is 4.79 Å². The molecule has 2 aliphatic carbocycles. The molecule has 2 aliphatic rings. The molecule has 0 aromatic heterocycles. The van der Waals surface area contributed by atoms with Crippen molar-refractivity contribution in [3.8, 4) is 0 Å². The maximum atomic E-state index is 9.60. The van der Waals surface area contributed by atoms with Gasteiger partial charge in [0.2, 0.25) is 0 Å². The average molecular weight is 427 g/mol. The van der Waals surface area contributed by atoms with Crippen molar-refractivity contribution in [3.63, 3.8) is 0 Å². The van der Waals surface area contributed by atoms with Crippen molar-refractivity contribution in [3.05, 3.63) is 12.2 Å². The zero-order valence-electron chi connectivity index (χ0n) is 19.8. The van der Waals surface area contributed by atoms with Crippen LogP contribution in [-0.4, -0.2) is 34.5 Å². The van der Waals surface area contributed by atoms with Crippen LogP contribution < -0.4 is 0 Å². The molecule has 0 aromatic carbocycles. The monoisotopic (exact) mass is 426 g/mol. The van der Waals surface area contributed by atoms with Crippen LogP contribution in [0.25, 0.3) is 0 Å². The molecule has 0 atom stereocenters. The summed E-state index contributed by atoms with van der Waals surface area (Å²) in [5.41, 5.74) is 0.00662. The smallest absolute Gasteiger partial charge is 0.330 e. The second-order valence-corrected chi connectivity index (χ2v) is 9.41. The van der Waals surface area contributed by atoms with Crippen molar-refractivity contribution in [1.82, 2.24) is 0 Å². The molecule has 0 spiro atoms. The highest BCUT2D eigenvalue weighted by Crippen LogP contribution is 2.32. The van der Waals surface area contributed by atoms with Gasteiger partial charge < -0.3 is 15.3 Å². The summed E-state index contributed by atoms with van der Waals surface area (Å²) in [5.74, 6) is -0.935. The molecule has 2 fully saturated rings. The highest BCUT2D eigenvalue weighted by atomic mass is 16.4. The predicted molar refractivity (Wildman–Crippen MR) is 127 cm³/mol. The van der Waals surface area contributed by atoms with Crippen molar-refractivity contribution >= 4 is 5.97 Å². The summed E-state index contributed by atoms with van der Waals surface area (Å²) in [5, 5.41) is 26.6. The minimum absolute atomic E-state index is 0.156. The van der Waals surface area contributed by atoms with Crippen LogP contribution in [0.4, 0.5) is 0 Å². The lowest BCUT2D eigenvalue weighted by atomic mass is 9.78. The Kier molecular flexibility index (Phi) is 19.5. The van der Waals surface area contributed by atoms with E-state index in [2.05, 4.69) is 6.58 Å². The molecule has 0 aromatic rings. The highest BCUT2D eigenvalue weighted by molar-refractivity contribution is 5.84. The van der Waals surface area contributed by atoms with E-state index < -0.39 is 5.97 Å². The molecule has 0 aliphatic heterocycles. The number of hydrogen-bond acceptors (Lipinski definition) is 3. The van der Waals surface area contributed by atoms with Gasteiger partial charge in [0.25, 0.3) is 0 Å². The quantitative estimate of drug-likeness (QED) is 0.423. The minimum atomic E-state index is -0.935. The lowest BCUT2D eigenvalue weighted by Crippen LogP contribution is -2.30. The third-order valence-corrected chi connectivity index (χ3v) is 6.45. The molecule has 0 saturated heterocycles. The van der Waals surface area contributed by atoms with Crippen LogP contribution >= 0.6 is 0 Å². The van der Waals surface area contributed by atoms with Gasteiger partial charge in [0, 0.05) is 11.0 Å². The van der Waals surface area contributed by atoms with E-state index in [1.807, 2.05) is 0 Å². The Morgan fingerprint density at radius 1 is 0.633 bits per heavy atom. The second kappa shape index (κ2) is 20.1. The normalized spacial score (nSPS) is 20.9. The number of rotatable bonds is 3. The van der Waals surface area contributed by atoms with E-state index in [-0.39, 0.29) is 24.2 Å². The van der Waals surface area contributed by atoms with Gasteiger partial charge in [0.1, 0.15) is 0 Å². The van der Waals surface area contributed by atoms with Crippen LogP contribution in [0.2, 0.25) is 0 Å². The van der Waals surface area contributed by atoms with Gasteiger partial charge in [-0.05, 0) is 19.8 Å². The van der Waals surface area contributed by atoms with Gasteiger partial charge in [0.05, 0.1) is 13.2 Å². The first-order valence-corrected chi connectivity index (χ1v) is 12.6. The molecule has 178 valence electrons. The summed E-state index contributed by atoms with van der Waals surface area (Å²) in [4.78, 5) is 9.60. The Balaban J connectivity index is 0.000000459. The van der Waals surface area contributed by atoms with Gasteiger partial charge in [-0.1, -0.05) is 116 Å². The maximum absolute atomic E-state index is 9.60. The molecule has 0 bridgehead atoms. The van der Waals surface area contributed by atoms with Gasteiger partial charge >= 0.3 is 5.97 Å². The molecule has 4 nitrogen and oxygen atoms in total. The number of carbonyl (C=O) groups is 1. The standard InChI is InChI=1S/C12H24O2.C10H20.C4H6O2/c13-10-12(11-14)8-6-4-2-1-3-5-7-9-12;1-2-4-6-8-10-9-7-5-3-1;1-3(2)4(5)6/h13-14H,1-11H2;1-10H2;1H2,2H3,(H,5,6). The van der Waals surface area contributed by atoms with E-state index in [1.54, 1.807) is 0 Å². The topological polar surface area (TPSA) is 77.8 Å². The van der Waals surface area contributed by atoms with Crippen LogP contribution in [0.5, 0.6) is 0 Å².